The van der Waals surface area contributed by atoms with Crippen LogP contribution in [0.15, 0.2) is 12.2 Å². The molecule has 48 heavy (non-hydrogen) atoms. The second-order valence-corrected chi connectivity index (χ2v) is 14.9. The van der Waals surface area contributed by atoms with Crippen molar-refractivity contribution in [2.24, 2.45) is 0 Å². The number of unbranched alkanes of at least 4 members (excludes halogenated alkanes) is 30. The van der Waals surface area contributed by atoms with E-state index in [0.717, 1.165) is 32.1 Å². The molecule has 0 aliphatic heterocycles. The van der Waals surface area contributed by atoms with Crippen LogP contribution in [0, 0.1) is 0 Å². The number of ether oxygens (including phenoxy) is 1. The summed E-state index contributed by atoms with van der Waals surface area (Å²) in [4.78, 5) is 23.6. The summed E-state index contributed by atoms with van der Waals surface area (Å²) in [7, 11) is 0. The lowest BCUT2D eigenvalue weighted by molar-refractivity contribution is -0.151. The van der Waals surface area contributed by atoms with Gasteiger partial charge in [0, 0.05) is 12.8 Å². The zero-order valence-corrected chi connectivity index (χ0v) is 32.6. The second kappa shape index (κ2) is 40.1. The van der Waals surface area contributed by atoms with Gasteiger partial charge in [0.1, 0.15) is 6.10 Å². The van der Waals surface area contributed by atoms with Crippen molar-refractivity contribution < 1.29 is 19.4 Å². The summed E-state index contributed by atoms with van der Waals surface area (Å²) >= 11 is 0. The molecule has 0 saturated carbocycles. The summed E-state index contributed by atoms with van der Waals surface area (Å²) in [6.07, 6.45) is 49.5. The summed E-state index contributed by atoms with van der Waals surface area (Å²) < 4.78 is 5.75. The van der Waals surface area contributed by atoms with Crippen LogP contribution in [0.3, 0.4) is 0 Å². The Balaban J connectivity index is 3.67. The van der Waals surface area contributed by atoms with Crippen molar-refractivity contribution in [2.75, 3.05) is 0 Å². The van der Waals surface area contributed by atoms with E-state index < -0.39 is 5.97 Å². The zero-order chi connectivity index (χ0) is 35.0. The van der Waals surface area contributed by atoms with Crippen molar-refractivity contribution in [3.63, 3.8) is 0 Å². The molecule has 0 aliphatic carbocycles. The first kappa shape index (κ1) is 46.7. The second-order valence-electron chi connectivity index (χ2n) is 14.9. The van der Waals surface area contributed by atoms with Crippen molar-refractivity contribution in [3.8, 4) is 0 Å². The van der Waals surface area contributed by atoms with Gasteiger partial charge < -0.3 is 9.84 Å². The molecule has 0 aliphatic rings. The number of allylic oxidation sites excluding steroid dienone is 2. The van der Waals surface area contributed by atoms with E-state index in [-0.39, 0.29) is 18.5 Å². The van der Waals surface area contributed by atoms with Crippen molar-refractivity contribution >= 4 is 11.9 Å². The summed E-state index contributed by atoms with van der Waals surface area (Å²) in [5, 5.41) is 9.15. The number of esters is 1. The predicted octanol–water partition coefficient (Wildman–Crippen LogP) is 15.0. The van der Waals surface area contributed by atoms with E-state index in [1.807, 2.05) is 0 Å². The maximum atomic E-state index is 12.5. The zero-order valence-electron chi connectivity index (χ0n) is 32.6. The van der Waals surface area contributed by atoms with Crippen LogP contribution in [0.5, 0.6) is 0 Å². The molecule has 1 atom stereocenters. The molecule has 0 aromatic heterocycles. The van der Waals surface area contributed by atoms with Crippen molar-refractivity contribution in [1.29, 1.82) is 0 Å². The largest absolute Gasteiger partial charge is 0.481 e. The van der Waals surface area contributed by atoms with Gasteiger partial charge in [-0.1, -0.05) is 199 Å². The average molecular weight is 677 g/mol. The Morgan fingerprint density at radius 3 is 1.15 bits per heavy atom. The highest BCUT2D eigenvalue weighted by atomic mass is 16.5. The Bertz CT molecular complexity index is 687. The molecule has 0 fully saturated rings. The highest BCUT2D eigenvalue weighted by Gasteiger charge is 2.16. The first-order valence-corrected chi connectivity index (χ1v) is 21.7. The SMILES string of the molecule is CCCCCCCC/C=C\CCCCCCCCCC(=O)OC(CCCCCCCCCCCCCCCCCCCC)CCC(=O)O. The number of aliphatic carboxylic acids is 1. The third-order valence-electron chi connectivity index (χ3n) is 10.0. The van der Waals surface area contributed by atoms with Gasteiger partial charge in [0.15, 0.2) is 0 Å². The first-order valence-electron chi connectivity index (χ1n) is 21.7. The Kier molecular flexibility index (Phi) is 39.0. The third-order valence-corrected chi connectivity index (χ3v) is 10.0. The quantitative estimate of drug-likeness (QED) is 0.0398. The third kappa shape index (κ3) is 39.1. The molecule has 0 spiro atoms. The molecule has 284 valence electrons. The minimum absolute atomic E-state index is 0.0753. The molecule has 0 bridgehead atoms. The molecule has 0 amide bonds. The van der Waals surface area contributed by atoms with Gasteiger partial charge in [0.05, 0.1) is 0 Å². The first-order chi connectivity index (χ1) is 23.6. The minimum Gasteiger partial charge on any atom is -0.481 e. The number of carbonyl (C=O) groups is 2. The fraction of sp³-hybridized carbons (Fsp3) is 0.909. The number of carboxylic acids is 1. The number of carboxylic acid groups (broad SMARTS) is 1. The topological polar surface area (TPSA) is 63.6 Å². The molecule has 0 radical (unpaired) electrons. The van der Waals surface area contributed by atoms with Crippen molar-refractivity contribution in [2.45, 2.75) is 258 Å². The molecule has 1 unspecified atom stereocenters. The van der Waals surface area contributed by atoms with E-state index in [1.165, 1.54) is 186 Å². The lowest BCUT2D eigenvalue weighted by Gasteiger charge is -2.17. The molecular formula is C44H84O4. The molecule has 0 saturated heterocycles. The Morgan fingerprint density at radius 1 is 0.438 bits per heavy atom. The van der Waals surface area contributed by atoms with Crippen LogP contribution >= 0.6 is 0 Å². The van der Waals surface area contributed by atoms with Crippen LogP contribution in [0.4, 0.5) is 0 Å². The molecule has 4 nitrogen and oxygen atoms in total. The maximum absolute atomic E-state index is 12.5. The highest BCUT2D eigenvalue weighted by Crippen LogP contribution is 2.18. The van der Waals surface area contributed by atoms with Crippen LogP contribution < -0.4 is 0 Å². The van der Waals surface area contributed by atoms with Gasteiger partial charge >= 0.3 is 11.9 Å². The maximum Gasteiger partial charge on any atom is 0.306 e. The smallest absolute Gasteiger partial charge is 0.306 e. The number of rotatable bonds is 40. The molecule has 0 heterocycles. The van der Waals surface area contributed by atoms with Crippen LogP contribution in [0.2, 0.25) is 0 Å². The van der Waals surface area contributed by atoms with Crippen LogP contribution in [0.1, 0.15) is 251 Å². The summed E-state index contributed by atoms with van der Waals surface area (Å²) in [5.41, 5.74) is 0. The van der Waals surface area contributed by atoms with Gasteiger partial charge in [-0.25, -0.2) is 0 Å². The van der Waals surface area contributed by atoms with E-state index in [2.05, 4.69) is 26.0 Å². The van der Waals surface area contributed by atoms with E-state index >= 15 is 0 Å². The van der Waals surface area contributed by atoms with E-state index in [9.17, 15) is 9.59 Å². The van der Waals surface area contributed by atoms with Crippen LogP contribution in [0.25, 0.3) is 0 Å². The van der Waals surface area contributed by atoms with Gasteiger partial charge in [-0.15, -0.1) is 0 Å². The monoisotopic (exact) mass is 677 g/mol. The minimum atomic E-state index is -0.807. The molecule has 0 aromatic carbocycles. The highest BCUT2D eigenvalue weighted by molar-refractivity contribution is 5.69. The molecule has 0 aromatic rings. The van der Waals surface area contributed by atoms with Gasteiger partial charge in [-0.2, -0.15) is 0 Å². The Labute approximate surface area is 300 Å². The van der Waals surface area contributed by atoms with Crippen molar-refractivity contribution in [3.05, 3.63) is 12.2 Å². The standard InChI is InChI=1S/C44H84O4/c1-3-5-7-9-11-13-15-17-19-21-23-24-26-28-30-32-34-36-38-42(40-41-43(45)46)48-44(47)39-37-35-33-31-29-27-25-22-20-18-16-14-12-10-8-6-4-2/h18,20,42H,3-17,19,21-41H2,1-2H3,(H,45,46)/b20-18-. The lowest BCUT2D eigenvalue weighted by atomic mass is 10.0. The molecular weight excluding hydrogens is 592 g/mol. The van der Waals surface area contributed by atoms with E-state index in [1.54, 1.807) is 0 Å². The predicted molar refractivity (Wildman–Crippen MR) is 209 cm³/mol. The van der Waals surface area contributed by atoms with Crippen LogP contribution in [-0.4, -0.2) is 23.1 Å². The Hall–Kier alpha value is -1.32. The Morgan fingerprint density at radius 2 is 0.771 bits per heavy atom. The molecule has 0 rings (SSSR count). The van der Waals surface area contributed by atoms with E-state index in [4.69, 9.17) is 9.84 Å². The summed E-state index contributed by atoms with van der Waals surface area (Å²) in [6.45, 7) is 4.56. The van der Waals surface area contributed by atoms with Gasteiger partial charge in [-0.3, -0.25) is 9.59 Å². The average Bonchev–Trinajstić information content (AvgIpc) is 3.07. The summed E-state index contributed by atoms with van der Waals surface area (Å²) in [6, 6.07) is 0. The fourth-order valence-electron chi connectivity index (χ4n) is 6.76. The number of hydrogen-bond acceptors (Lipinski definition) is 3. The van der Waals surface area contributed by atoms with Crippen molar-refractivity contribution in [1.82, 2.24) is 0 Å². The van der Waals surface area contributed by atoms with Gasteiger partial charge in [0.25, 0.3) is 0 Å². The molecule has 4 heteroatoms. The molecule has 1 N–H and O–H groups in total. The van der Waals surface area contributed by atoms with E-state index in [0.29, 0.717) is 12.8 Å². The normalized spacial score (nSPS) is 12.2. The van der Waals surface area contributed by atoms with Gasteiger partial charge in [0.2, 0.25) is 0 Å². The number of carbonyl (C=O) groups excluding carboxylic acids is 1. The lowest BCUT2D eigenvalue weighted by Crippen LogP contribution is -2.19. The van der Waals surface area contributed by atoms with Gasteiger partial charge in [-0.05, 0) is 51.4 Å². The number of hydrogen-bond donors (Lipinski definition) is 1. The van der Waals surface area contributed by atoms with Crippen LogP contribution in [-0.2, 0) is 14.3 Å². The fourth-order valence-corrected chi connectivity index (χ4v) is 6.76. The summed E-state index contributed by atoms with van der Waals surface area (Å²) in [5.74, 6) is -0.946.